The summed E-state index contributed by atoms with van der Waals surface area (Å²) in [5.74, 6) is -6.86. The molecule has 304 valence electrons. The third-order valence-corrected chi connectivity index (χ3v) is 9.98. The van der Waals surface area contributed by atoms with Crippen LogP contribution in [0.2, 0.25) is 0 Å². The Morgan fingerprint density at radius 3 is 2.00 bits per heavy atom. The van der Waals surface area contributed by atoms with Crippen LogP contribution >= 0.6 is 0 Å². The summed E-state index contributed by atoms with van der Waals surface area (Å²) in [6.07, 6.45) is 1.88. The highest BCUT2D eigenvalue weighted by molar-refractivity contribution is 5.87. The van der Waals surface area contributed by atoms with E-state index in [9.17, 15) is 31.9 Å². The number of benzene rings is 4. The van der Waals surface area contributed by atoms with Gasteiger partial charge in [-0.15, -0.1) is 0 Å². The van der Waals surface area contributed by atoms with E-state index in [0.717, 1.165) is 39.8 Å². The minimum atomic E-state index is -3.24. The number of amides is 3. The molecular weight excluding hydrogens is 767 g/mol. The van der Waals surface area contributed by atoms with Crippen LogP contribution in [-0.2, 0) is 27.3 Å². The number of likely N-dealkylation sites (tertiary alicyclic amines) is 1. The summed E-state index contributed by atoms with van der Waals surface area (Å²) in [7, 11) is 1.14. The molecule has 1 saturated heterocycles. The second kappa shape index (κ2) is 17.0. The third kappa shape index (κ3) is 9.86. The van der Waals surface area contributed by atoms with E-state index in [1.54, 1.807) is 67.0 Å². The van der Waals surface area contributed by atoms with Crippen molar-refractivity contribution in [3.63, 3.8) is 0 Å². The number of ether oxygens (including phenoxy) is 1. The standard InChI is InChI=1S/C44H41F4N7O4/c1-43(45,46)26-54(41(57)39(53-42(58)59-2)33-11-7-4-8-12-33)25-37-49-23-34(51-37)31-17-13-29(14-18-31)30-15-19-32(20-16-30)35-24-50-40(52-35)36-22-44(47,48)27-55(36)38(56)21-28-9-5-3-6-10-28/h3-20,23-24,36,39H,21-22,25-27H2,1-2H3,(H,49,51)(H,50,52)(H,53,58)/t36-,39+/m0/s1. The average Bonchev–Trinajstić information content (AvgIpc) is 3.99. The number of halogens is 4. The molecule has 1 aliphatic heterocycles. The largest absolute Gasteiger partial charge is 0.453 e. The number of alkyl halides is 4. The van der Waals surface area contributed by atoms with Crippen LogP contribution in [0.15, 0.2) is 122 Å². The van der Waals surface area contributed by atoms with Crippen LogP contribution in [0.4, 0.5) is 22.4 Å². The molecule has 59 heavy (non-hydrogen) atoms. The predicted molar refractivity (Wildman–Crippen MR) is 212 cm³/mol. The van der Waals surface area contributed by atoms with Crippen molar-refractivity contribution in [2.75, 3.05) is 20.2 Å². The number of nitrogens with one attached hydrogen (secondary N) is 3. The zero-order valence-electron chi connectivity index (χ0n) is 32.2. The highest BCUT2D eigenvalue weighted by Gasteiger charge is 2.48. The molecule has 3 heterocycles. The number of alkyl carbamates (subject to hydrolysis) is 1. The van der Waals surface area contributed by atoms with Gasteiger partial charge in [0.15, 0.2) is 0 Å². The molecule has 2 atom stereocenters. The van der Waals surface area contributed by atoms with E-state index < -0.39 is 55.4 Å². The number of carbonyl (C=O) groups excluding carboxylic acids is 3. The van der Waals surface area contributed by atoms with Crippen LogP contribution < -0.4 is 5.32 Å². The van der Waals surface area contributed by atoms with Gasteiger partial charge in [0.25, 0.3) is 17.8 Å². The quantitative estimate of drug-likeness (QED) is 0.100. The lowest BCUT2D eigenvalue weighted by atomic mass is 10.0. The third-order valence-electron chi connectivity index (χ3n) is 9.98. The molecule has 0 saturated carbocycles. The van der Waals surface area contributed by atoms with Crippen LogP contribution in [0, 0.1) is 0 Å². The molecule has 4 aromatic carbocycles. The van der Waals surface area contributed by atoms with Crippen molar-refractivity contribution in [1.29, 1.82) is 0 Å². The average molecular weight is 808 g/mol. The molecule has 0 radical (unpaired) electrons. The summed E-state index contributed by atoms with van der Waals surface area (Å²) >= 11 is 0. The fourth-order valence-corrected chi connectivity index (χ4v) is 7.13. The molecule has 3 amide bonds. The molecule has 0 unspecified atom stereocenters. The summed E-state index contributed by atoms with van der Waals surface area (Å²) < 4.78 is 62.7. The molecule has 3 N–H and O–H groups in total. The zero-order valence-corrected chi connectivity index (χ0v) is 32.2. The monoisotopic (exact) mass is 807 g/mol. The van der Waals surface area contributed by atoms with Crippen molar-refractivity contribution in [3.8, 4) is 33.6 Å². The van der Waals surface area contributed by atoms with Crippen LogP contribution in [-0.4, -0.2) is 79.7 Å². The Kier molecular flexibility index (Phi) is 11.6. The topological polar surface area (TPSA) is 136 Å². The second-order valence-electron chi connectivity index (χ2n) is 14.6. The minimum Gasteiger partial charge on any atom is -0.453 e. The van der Waals surface area contributed by atoms with Crippen LogP contribution in [0.3, 0.4) is 0 Å². The van der Waals surface area contributed by atoms with Crippen molar-refractivity contribution in [2.45, 2.75) is 50.2 Å². The zero-order chi connectivity index (χ0) is 41.7. The summed E-state index contributed by atoms with van der Waals surface area (Å²) in [4.78, 5) is 56.4. The van der Waals surface area contributed by atoms with Gasteiger partial charge in [0.05, 0.1) is 50.6 Å². The van der Waals surface area contributed by atoms with E-state index in [0.29, 0.717) is 29.7 Å². The van der Waals surface area contributed by atoms with Gasteiger partial charge in [0.2, 0.25) is 5.91 Å². The molecule has 15 heteroatoms. The first-order valence-corrected chi connectivity index (χ1v) is 18.8. The molecule has 0 bridgehead atoms. The Balaban J connectivity index is 1.02. The van der Waals surface area contributed by atoms with E-state index in [1.807, 2.05) is 54.6 Å². The Morgan fingerprint density at radius 1 is 0.847 bits per heavy atom. The van der Waals surface area contributed by atoms with Gasteiger partial charge in [-0.2, -0.15) is 0 Å². The van der Waals surface area contributed by atoms with Gasteiger partial charge >= 0.3 is 6.09 Å². The number of aromatic nitrogens is 4. The van der Waals surface area contributed by atoms with Crippen molar-refractivity contribution in [2.24, 2.45) is 0 Å². The molecule has 11 nitrogen and oxygen atoms in total. The van der Waals surface area contributed by atoms with Gasteiger partial charge in [-0.1, -0.05) is 109 Å². The fourth-order valence-electron chi connectivity index (χ4n) is 7.13. The molecule has 7 rings (SSSR count). The maximum atomic E-state index is 14.6. The minimum absolute atomic E-state index is 0.0186. The first-order valence-electron chi connectivity index (χ1n) is 18.8. The number of rotatable bonds is 13. The molecule has 6 aromatic rings. The van der Waals surface area contributed by atoms with E-state index >= 15 is 0 Å². The van der Waals surface area contributed by atoms with Gasteiger partial charge in [0.1, 0.15) is 17.7 Å². The first-order chi connectivity index (χ1) is 28.2. The van der Waals surface area contributed by atoms with E-state index in [-0.39, 0.29) is 24.7 Å². The van der Waals surface area contributed by atoms with Crippen molar-refractivity contribution in [1.82, 2.24) is 35.1 Å². The number of aromatic amines is 2. The molecule has 0 aliphatic carbocycles. The molecular formula is C44H41F4N7O4. The Hall–Kier alpha value is -6.77. The highest BCUT2D eigenvalue weighted by atomic mass is 19.3. The Bertz CT molecular complexity index is 2380. The van der Waals surface area contributed by atoms with Gasteiger partial charge in [-0.05, 0) is 22.3 Å². The van der Waals surface area contributed by atoms with E-state index in [4.69, 9.17) is 0 Å². The fraction of sp³-hybridized carbons (Fsp3) is 0.250. The Labute approximate surface area is 337 Å². The first kappa shape index (κ1) is 40.4. The molecule has 2 aromatic heterocycles. The highest BCUT2D eigenvalue weighted by Crippen LogP contribution is 2.41. The van der Waals surface area contributed by atoms with Gasteiger partial charge in [0, 0.05) is 36.9 Å². The lowest BCUT2D eigenvalue weighted by Crippen LogP contribution is -2.46. The molecule has 1 aliphatic rings. The number of methoxy groups -OCH3 is 1. The number of hydrogen-bond donors (Lipinski definition) is 3. The summed E-state index contributed by atoms with van der Waals surface area (Å²) in [5, 5.41) is 2.45. The van der Waals surface area contributed by atoms with Crippen molar-refractivity contribution >= 4 is 17.9 Å². The van der Waals surface area contributed by atoms with Crippen LogP contribution in [0.25, 0.3) is 33.6 Å². The predicted octanol–water partition coefficient (Wildman–Crippen LogP) is 8.37. The lowest BCUT2D eigenvalue weighted by molar-refractivity contribution is -0.139. The van der Waals surface area contributed by atoms with Gasteiger partial charge in [-0.25, -0.2) is 32.3 Å². The smallest absolute Gasteiger partial charge is 0.407 e. The van der Waals surface area contributed by atoms with Crippen LogP contribution in [0.1, 0.15) is 48.2 Å². The van der Waals surface area contributed by atoms with Crippen LogP contribution in [0.5, 0.6) is 0 Å². The van der Waals surface area contributed by atoms with Crippen molar-refractivity contribution < 1.29 is 36.7 Å². The number of hydrogen-bond acceptors (Lipinski definition) is 6. The maximum Gasteiger partial charge on any atom is 0.407 e. The number of carbonyl (C=O) groups is 3. The lowest BCUT2D eigenvalue weighted by Gasteiger charge is -2.29. The number of imidazole rings is 2. The molecule has 0 spiro atoms. The number of nitrogens with zero attached hydrogens (tertiary/aromatic N) is 4. The summed E-state index contributed by atoms with van der Waals surface area (Å²) in [6.45, 7) is -1.16. The van der Waals surface area contributed by atoms with E-state index in [1.165, 1.54) is 4.90 Å². The normalized spacial score (nSPS) is 15.4. The van der Waals surface area contributed by atoms with Crippen molar-refractivity contribution in [3.05, 3.63) is 144 Å². The maximum absolute atomic E-state index is 14.6. The van der Waals surface area contributed by atoms with Gasteiger partial charge in [-0.3, -0.25) is 9.59 Å². The molecule has 1 fully saturated rings. The SMILES string of the molecule is COC(=O)N[C@@H](C(=O)N(Cc1nc(-c2ccc(-c3ccc(-c4c[nH]c([C@@H]5CC(F)(F)CN5C(=O)Cc5ccccc5)n4)cc3)cc2)c[nH]1)CC(C)(F)F)c1ccccc1. The summed E-state index contributed by atoms with van der Waals surface area (Å²) in [5.41, 5.74) is 5.51. The summed E-state index contributed by atoms with van der Waals surface area (Å²) in [6, 6.07) is 30.2. The Morgan fingerprint density at radius 2 is 1.41 bits per heavy atom. The van der Waals surface area contributed by atoms with E-state index in [2.05, 4.69) is 30.0 Å². The second-order valence-corrected chi connectivity index (χ2v) is 14.6. The van der Waals surface area contributed by atoms with Gasteiger partial charge < -0.3 is 29.8 Å². The number of H-pyrrole nitrogens is 2.